The fourth-order valence-electron chi connectivity index (χ4n) is 5.48. The molecule has 168 valence electrons. The number of morpholine rings is 1. The number of likely N-dealkylation sites (tertiary alicyclic amines) is 1. The quantitative estimate of drug-likeness (QED) is 0.682. The maximum absolute atomic E-state index is 14.6. The van der Waals surface area contributed by atoms with Crippen molar-refractivity contribution >= 4 is 11.6 Å². The molecule has 3 aliphatic heterocycles. The number of benzene rings is 2. The predicted molar refractivity (Wildman–Crippen MR) is 117 cm³/mol. The molecule has 32 heavy (non-hydrogen) atoms. The molecule has 0 aromatic heterocycles. The molecular formula is C25H27F2N3O2. The topological polar surface area (TPSA) is 45.1 Å². The van der Waals surface area contributed by atoms with Gasteiger partial charge in [0.1, 0.15) is 11.6 Å². The molecule has 5 rings (SSSR count). The van der Waals surface area contributed by atoms with Crippen LogP contribution in [-0.2, 0) is 15.1 Å². The van der Waals surface area contributed by atoms with Gasteiger partial charge in [0.25, 0.3) is 0 Å². The largest absolute Gasteiger partial charge is 0.375 e. The number of fused-ring (bicyclic) bond motifs is 2. The Balaban J connectivity index is 1.45. The summed E-state index contributed by atoms with van der Waals surface area (Å²) in [5.74, 6) is -1.28. The highest BCUT2D eigenvalue weighted by Gasteiger charge is 2.47. The third kappa shape index (κ3) is 3.73. The van der Waals surface area contributed by atoms with Crippen molar-refractivity contribution in [3.8, 4) is 0 Å². The second-order valence-electron chi connectivity index (χ2n) is 9.02. The van der Waals surface area contributed by atoms with Gasteiger partial charge in [0.05, 0.1) is 24.0 Å². The fourth-order valence-corrected chi connectivity index (χ4v) is 5.48. The van der Waals surface area contributed by atoms with Crippen LogP contribution >= 0.6 is 0 Å². The molecule has 2 aromatic rings. The zero-order valence-electron chi connectivity index (χ0n) is 18.1. The number of hydrazone groups is 1. The van der Waals surface area contributed by atoms with Crippen molar-refractivity contribution in [2.75, 3.05) is 19.7 Å². The average molecular weight is 440 g/mol. The maximum Gasteiger partial charge on any atom is 0.240 e. The molecule has 2 aromatic carbocycles. The number of carbonyl (C=O) groups is 1. The molecular weight excluding hydrogens is 412 g/mol. The summed E-state index contributed by atoms with van der Waals surface area (Å²) in [6.45, 7) is 4.13. The Labute approximate surface area is 186 Å². The van der Waals surface area contributed by atoms with E-state index in [0.717, 1.165) is 56.3 Å². The zero-order valence-corrected chi connectivity index (χ0v) is 18.1. The summed E-state index contributed by atoms with van der Waals surface area (Å²) < 4.78 is 34.2. The first kappa shape index (κ1) is 21.2. The lowest BCUT2D eigenvalue weighted by atomic mass is 9.80. The van der Waals surface area contributed by atoms with Crippen molar-refractivity contribution in [2.24, 2.45) is 5.10 Å². The van der Waals surface area contributed by atoms with E-state index in [2.05, 4.69) is 10.0 Å². The normalized spacial score (nSPS) is 27.2. The van der Waals surface area contributed by atoms with Gasteiger partial charge in [-0.25, -0.2) is 13.8 Å². The van der Waals surface area contributed by atoms with E-state index in [1.54, 1.807) is 0 Å². The molecule has 5 nitrogen and oxygen atoms in total. The second-order valence-corrected chi connectivity index (χ2v) is 9.02. The highest BCUT2D eigenvalue weighted by Crippen LogP contribution is 2.43. The molecule has 3 atom stereocenters. The molecule has 0 spiro atoms. The number of ether oxygens (including phenoxy) is 1. The minimum Gasteiger partial charge on any atom is -0.375 e. The summed E-state index contributed by atoms with van der Waals surface area (Å²) in [7, 11) is 0. The van der Waals surface area contributed by atoms with E-state index < -0.39 is 17.2 Å². The lowest BCUT2D eigenvalue weighted by Crippen LogP contribution is -2.44. The van der Waals surface area contributed by atoms with Crippen LogP contribution in [-0.4, -0.2) is 53.4 Å². The van der Waals surface area contributed by atoms with Gasteiger partial charge >= 0.3 is 0 Å². The van der Waals surface area contributed by atoms with Gasteiger partial charge in [0.2, 0.25) is 5.91 Å². The van der Waals surface area contributed by atoms with Crippen molar-refractivity contribution in [2.45, 2.75) is 50.3 Å². The monoisotopic (exact) mass is 439 g/mol. The van der Waals surface area contributed by atoms with Crippen LogP contribution in [0.1, 0.15) is 43.7 Å². The molecule has 3 heterocycles. The highest BCUT2D eigenvalue weighted by molar-refractivity contribution is 6.03. The lowest BCUT2D eigenvalue weighted by Gasteiger charge is -2.37. The Hall–Kier alpha value is -2.64. The van der Waals surface area contributed by atoms with Crippen LogP contribution in [0.5, 0.6) is 0 Å². The smallest absolute Gasteiger partial charge is 0.240 e. The number of halogens is 2. The third-order valence-corrected chi connectivity index (χ3v) is 6.98. The van der Waals surface area contributed by atoms with Gasteiger partial charge in [-0.2, -0.15) is 5.10 Å². The lowest BCUT2D eigenvalue weighted by molar-refractivity contribution is -0.135. The van der Waals surface area contributed by atoms with Crippen LogP contribution in [0.3, 0.4) is 0 Å². The van der Waals surface area contributed by atoms with Gasteiger partial charge in [-0.1, -0.05) is 30.3 Å². The van der Waals surface area contributed by atoms with E-state index in [-0.39, 0.29) is 11.5 Å². The summed E-state index contributed by atoms with van der Waals surface area (Å²) in [5.41, 5.74) is 0.742. The summed E-state index contributed by atoms with van der Waals surface area (Å²) in [5, 5.41) is 6.03. The van der Waals surface area contributed by atoms with Gasteiger partial charge in [0, 0.05) is 31.5 Å². The second kappa shape index (κ2) is 8.37. The molecule has 2 saturated heterocycles. The van der Waals surface area contributed by atoms with E-state index >= 15 is 0 Å². The maximum atomic E-state index is 14.6. The Morgan fingerprint density at radius 3 is 2.72 bits per heavy atom. The molecule has 2 unspecified atom stereocenters. The van der Waals surface area contributed by atoms with Crippen molar-refractivity contribution in [1.29, 1.82) is 0 Å². The summed E-state index contributed by atoms with van der Waals surface area (Å²) in [6, 6.07) is 13.6. The summed E-state index contributed by atoms with van der Waals surface area (Å²) >= 11 is 0. The van der Waals surface area contributed by atoms with Crippen LogP contribution in [0, 0.1) is 11.6 Å². The first-order valence-corrected chi connectivity index (χ1v) is 11.2. The van der Waals surface area contributed by atoms with Gasteiger partial charge in [-0.05, 0) is 49.6 Å². The van der Waals surface area contributed by atoms with Crippen LogP contribution in [0.15, 0.2) is 53.6 Å². The standard InChI is InChI=1S/C25H27F2N3O2/c1-17(31)30-25(18-6-3-2-4-7-18,10-5-11-29-15-21-13-20(29)16-32-21)14-24(28-30)22-12-19(26)8-9-23(22)27/h2-4,6-9,12,20-21H,5,10-11,13-16H2,1H3/t20?,21?,25-/m1/s1. The van der Waals surface area contributed by atoms with E-state index in [1.807, 2.05) is 30.3 Å². The van der Waals surface area contributed by atoms with Crippen LogP contribution < -0.4 is 0 Å². The molecule has 0 saturated carbocycles. The zero-order chi connectivity index (χ0) is 22.3. The van der Waals surface area contributed by atoms with Gasteiger partial charge in [0.15, 0.2) is 0 Å². The average Bonchev–Trinajstić information content (AvgIpc) is 3.51. The van der Waals surface area contributed by atoms with Gasteiger partial charge in [-0.15, -0.1) is 0 Å². The van der Waals surface area contributed by atoms with Crippen molar-refractivity contribution < 1.29 is 18.3 Å². The van der Waals surface area contributed by atoms with Crippen molar-refractivity contribution in [3.05, 3.63) is 71.3 Å². The Morgan fingerprint density at radius 1 is 1.22 bits per heavy atom. The molecule has 3 aliphatic rings. The Bertz CT molecular complexity index is 1040. The number of nitrogens with zero attached hydrogens (tertiary/aromatic N) is 3. The molecule has 2 bridgehead atoms. The minimum atomic E-state index is -0.726. The van der Waals surface area contributed by atoms with Crippen LogP contribution in [0.4, 0.5) is 8.78 Å². The SMILES string of the molecule is CC(=O)N1N=C(c2cc(F)ccc2F)C[C@]1(CCCN1CC2CC1CO2)c1ccccc1. The number of amides is 1. The molecule has 0 aliphatic carbocycles. The highest BCUT2D eigenvalue weighted by atomic mass is 19.1. The Morgan fingerprint density at radius 2 is 2.03 bits per heavy atom. The molecule has 1 amide bonds. The molecule has 2 fully saturated rings. The first-order chi connectivity index (χ1) is 15.5. The minimum absolute atomic E-state index is 0.114. The van der Waals surface area contributed by atoms with Crippen LogP contribution in [0.25, 0.3) is 0 Å². The van der Waals surface area contributed by atoms with E-state index in [9.17, 15) is 13.6 Å². The molecule has 0 radical (unpaired) electrons. The van der Waals surface area contributed by atoms with Crippen LogP contribution in [0.2, 0.25) is 0 Å². The number of hydrogen-bond acceptors (Lipinski definition) is 4. The first-order valence-electron chi connectivity index (χ1n) is 11.2. The number of carbonyl (C=O) groups excluding carboxylic acids is 1. The predicted octanol–water partition coefficient (Wildman–Crippen LogP) is 4.07. The van der Waals surface area contributed by atoms with Gasteiger partial charge in [-0.3, -0.25) is 9.69 Å². The summed E-state index contributed by atoms with van der Waals surface area (Å²) in [6.07, 6.45) is 3.31. The number of rotatable bonds is 6. The fraction of sp³-hybridized carbons (Fsp3) is 0.440. The number of hydrogen-bond donors (Lipinski definition) is 0. The Kier molecular flexibility index (Phi) is 5.55. The third-order valence-electron chi connectivity index (χ3n) is 6.98. The van der Waals surface area contributed by atoms with Crippen molar-refractivity contribution in [1.82, 2.24) is 9.91 Å². The van der Waals surface area contributed by atoms with Crippen molar-refractivity contribution in [3.63, 3.8) is 0 Å². The molecule has 7 heteroatoms. The van der Waals surface area contributed by atoms with E-state index in [1.165, 1.54) is 11.9 Å². The molecule has 0 N–H and O–H groups in total. The summed E-state index contributed by atoms with van der Waals surface area (Å²) in [4.78, 5) is 15.2. The van der Waals surface area contributed by atoms with E-state index in [0.29, 0.717) is 30.7 Å². The van der Waals surface area contributed by atoms with Gasteiger partial charge < -0.3 is 4.74 Å². The van der Waals surface area contributed by atoms with E-state index in [4.69, 9.17) is 4.74 Å².